The number of aliphatic imine (C=N–C) groups is 1. The Morgan fingerprint density at radius 3 is 2.71 bits per heavy atom. The normalized spacial score (nSPS) is 16.7. The monoisotopic (exact) mass is 556 g/mol. The van der Waals surface area contributed by atoms with Gasteiger partial charge in [0, 0.05) is 39.0 Å². The van der Waals surface area contributed by atoms with Gasteiger partial charge in [-0.1, -0.05) is 36.4 Å². The third-order valence-electron chi connectivity index (χ3n) is 5.63. The molecule has 31 heavy (non-hydrogen) atoms. The SMILES string of the molecule is CN=C(NCc1ccc(F)cc1CSC)NCC1CCN(CCc2ccccc2)C1.I. The lowest BCUT2D eigenvalue weighted by Crippen LogP contribution is -2.40. The number of rotatable bonds is 9. The smallest absolute Gasteiger partial charge is 0.191 e. The van der Waals surface area contributed by atoms with Crippen molar-refractivity contribution in [2.75, 3.05) is 39.5 Å². The second kappa shape index (κ2) is 14.0. The maximum Gasteiger partial charge on any atom is 0.191 e. The molecule has 7 heteroatoms. The molecule has 4 nitrogen and oxygen atoms in total. The van der Waals surface area contributed by atoms with E-state index in [-0.39, 0.29) is 29.8 Å². The van der Waals surface area contributed by atoms with Gasteiger partial charge in [0.2, 0.25) is 0 Å². The molecule has 1 heterocycles. The van der Waals surface area contributed by atoms with E-state index < -0.39 is 0 Å². The van der Waals surface area contributed by atoms with E-state index in [1.54, 1.807) is 24.9 Å². The second-order valence-corrected chi connectivity index (χ2v) is 8.71. The number of halogens is 2. The van der Waals surface area contributed by atoms with Crippen LogP contribution in [0.25, 0.3) is 0 Å². The van der Waals surface area contributed by atoms with Crippen LogP contribution < -0.4 is 10.6 Å². The number of benzene rings is 2. The van der Waals surface area contributed by atoms with Crippen molar-refractivity contribution in [1.29, 1.82) is 0 Å². The van der Waals surface area contributed by atoms with Crippen molar-refractivity contribution in [3.8, 4) is 0 Å². The van der Waals surface area contributed by atoms with E-state index in [1.165, 1.54) is 24.6 Å². The molecule has 0 aliphatic carbocycles. The Balaban J connectivity index is 0.00000341. The Morgan fingerprint density at radius 1 is 1.16 bits per heavy atom. The van der Waals surface area contributed by atoms with Crippen LogP contribution in [0.5, 0.6) is 0 Å². The summed E-state index contributed by atoms with van der Waals surface area (Å²) < 4.78 is 13.5. The largest absolute Gasteiger partial charge is 0.356 e. The molecule has 0 saturated carbocycles. The van der Waals surface area contributed by atoms with Crippen LogP contribution in [0.15, 0.2) is 53.5 Å². The number of hydrogen-bond acceptors (Lipinski definition) is 3. The summed E-state index contributed by atoms with van der Waals surface area (Å²) in [4.78, 5) is 6.91. The molecule has 2 N–H and O–H groups in total. The zero-order chi connectivity index (χ0) is 21.2. The minimum atomic E-state index is -0.177. The van der Waals surface area contributed by atoms with Gasteiger partial charge in [-0.3, -0.25) is 4.99 Å². The summed E-state index contributed by atoms with van der Waals surface area (Å²) in [5.41, 5.74) is 3.56. The maximum atomic E-state index is 13.5. The standard InChI is InChI=1S/C24H33FN4S.HI/c1-26-24(28-16-21-8-9-23(25)14-22(21)18-30-2)27-15-20-11-13-29(17-20)12-10-19-6-4-3-5-7-19;/h3-9,14,20H,10-13,15-18H2,1-2H3,(H2,26,27,28);1H. The molecule has 2 aromatic carbocycles. The van der Waals surface area contributed by atoms with Crippen molar-refractivity contribution in [2.24, 2.45) is 10.9 Å². The molecular weight excluding hydrogens is 522 g/mol. The average Bonchev–Trinajstić information content (AvgIpc) is 3.22. The first-order chi connectivity index (χ1) is 14.7. The van der Waals surface area contributed by atoms with Crippen LogP contribution in [-0.4, -0.2) is 50.3 Å². The van der Waals surface area contributed by atoms with Gasteiger partial charge in [0.05, 0.1) is 0 Å². The van der Waals surface area contributed by atoms with E-state index in [9.17, 15) is 4.39 Å². The van der Waals surface area contributed by atoms with Crippen LogP contribution >= 0.6 is 35.7 Å². The molecule has 3 rings (SSSR count). The lowest BCUT2D eigenvalue weighted by atomic mass is 10.1. The molecular formula is C24H34FIN4S. The summed E-state index contributed by atoms with van der Waals surface area (Å²) in [5.74, 6) is 2.07. The molecule has 1 unspecified atom stereocenters. The summed E-state index contributed by atoms with van der Waals surface area (Å²) in [7, 11) is 1.80. The van der Waals surface area contributed by atoms with Crippen LogP contribution in [0, 0.1) is 11.7 Å². The first-order valence-corrected chi connectivity index (χ1v) is 12.0. The first-order valence-electron chi connectivity index (χ1n) is 10.6. The van der Waals surface area contributed by atoms with E-state index in [0.717, 1.165) is 48.9 Å². The van der Waals surface area contributed by atoms with Crippen molar-refractivity contribution < 1.29 is 4.39 Å². The maximum absolute atomic E-state index is 13.5. The van der Waals surface area contributed by atoms with Crippen molar-refractivity contribution >= 4 is 41.7 Å². The number of nitrogens with zero attached hydrogens (tertiary/aromatic N) is 2. The van der Waals surface area contributed by atoms with Crippen molar-refractivity contribution in [3.63, 3.8) is 0 Å². The van der Waals surface area contributed by atoms with Gasteiger partial charge >= 0.3 is 0 Å². The van der Waals surface area contributed by atoms with Gasteiger partial charge in [-0.05, 0) is 60.4 Å². The lowest BCUT2D eigenvalue weighted by Gasteiger charge is -2.18. The predicted octanol–water partition coefficient (Wildman–Crippen LogP) is 4.54. The van der Waals surface area contributed by atoms with Gasteiger partial charge in [-0.25, -0.2) is 4.39 Å². The molecule has 1 saturated heterocycles. The number of likely N-dealkylation sites (tertiary alicyclic amines) is 1. The van der Waals surface area contributed by atoms with E-state index in [1.807, 2.05) is 12.3 Å². The van der Waals surface area contributed by atoms with E-state index in [4.69, 9.17) is 0 Å². The summed E-state index contributed by atoms with van der Waals surface area (Å²) in [6.07, 6.45) is 4.36. The molecule has 1 aliphatic heterocycles. The van der Waals surface area contributed by atoms with Gasteiger partial charge < -0.3 is 15.5 Å². The first kappa shape index (κ1) is 25.9. The Morgan fingerprint density at radius 2 is 1.97 bits per heavy atom. The van der Waals surface area contributed by atoms with Crippen molar-refractivity contribution in [2.45, 2.75) is 25.1 Å². The minimum Gasteiger partial charge on any atom is -0.356 e. The highest BCUT2D eigenvalue weighted by Gasteiger charge is 2.22. The summed E-state index contributed by atoms with van der Waals surface area (Å²) in [5, 5.41) is 6.85. The molecule has 0 aromatic heterocycles. The van der Waals surface area contributed by atoms with Gasteiger partial charge in [-0.15, -0.1) is 24.0 Å². The Labute approximate surface area is 207 Å². The molecule has 1 atom stereocenters. The summed E-state index contributed by atoms with van der Waals surface area (Å²) in [6, 6.07) is 15.7. The molecule has 0 radical (unpaired) electrons. The highest BCUT2D eigenvalue weighted by atomic mass is 127. The zero-order valence-electron chi connectivity index (χ0n) is 18.4. The molecule has 2 aromatic rings. The molecule has 0 spiro atoms. The van der Waals surface area contributed by atoms with Gasteiger partial charge in [0.15, 0.2) is 5.96 Å². The Hall–Kier alpha value is -1.32. The van der Waals surface area contributed by atoms with Crippen molar-refractivity contribution in [1.82, 2.24) is 15.5 Å². The number of nitrogens with one attached hydrogen (secondary N) is 2. The zero-order valence-corrected chi connectivity index (χ0v) is 21.6. The number of guanidine groups is 1. The predicted molar refractivity (Wildman–Crippen MR) is 142 cm³/mol. The molecule has 1 fully saturated rings. The Kier molecular flexibility index (Phi) is 11.7. The number of thioether (sulfide) groups is 1. The second-order valence-electron chi connectivity index (χ2n) is 7.84. The van der Waals surface area contributed by atoms with E-state index >= 15 is 0 Å². The summed E-state index contributed by atoms with van der Waals surface area (Å²) >= 11 is 1.70. The number of hydrogen-bond donors (Lipinski definition) is 2. The molecule has 0 bridgehead atoms. The van der Waals surface area contributed by atoms with Crippen LogP contribution in [0.3, 0.4) is 0 Å². The van der Waals surface area contributed by atoms with Gasteiger partial charge in [0.25, 0.3) is 0 Å². The Bertz CT molecular complexity index is 818. The molecule has 0 amide bonds. The fourth-order valence-corrected chi connectivity index (χ4v) is 4.49. The lowest BCUT2D eigenvalue weighted by molar-refractivity contribution is 0.328. The van der Waals surface area contributed by atoms with E-state index in [0.29, 0.717) is 12.5 Å². The third kappa shape index (κ3) is 8.61. The third-order valence-corrected chi connectivity index (χ3v) is 6.23. The summed E-state index contributed by atoms with van der Waals surface area (Å²) in [6.45, 7) is 4.98. The average molecular weight is 557 g/mol. The highest BCUT2D eigenvalue weighted by Crippen LogP contribution is 2.17. The fourth-order valence-electron chi connectivity index (χ4n) is 3.91. The van der Waals surface area contributed by atoms with Gasteiger partial charge in [0.1, 0.15) is 5.82 Å². The fraction of sp³-hybridized carbons (Fsp3) is 0.458. The van der Waals surface area contributed by atoms with E-state index in [2.05, 4.69) is 50.9 Å². The van der Waals surface area contributed by atoms with Crippen LogP contribution in [0.1, 0.15) is 23.1 Å². The van der Waals surface area contributed by atoms with Gasteiger partial charge in [-0.2, -0.15) is 11.8 Å². The quantitative estimate of drug-likeness (QED) is 0.271. The minimum absolute atomic E-state index is 0. The van der Waals surface area contributed by atoms with Crippen LogP contribution in [0.2, 0.25) is 0 Å². The molecule has 170 valence electrons. The van der Waals surface area contributed by atoms with Crippen LogP contribution in [-0.2, 0) is 18.7 Å². The topological polar surface area (TPSA) is 39.7 Å². The van der Waals surface area contributed by atoms with Crippen molar-refractivity contribution in [3.05, 3.63) is 71.0 Å². The van der Waals surface area contributed by atoms with Crippen LogP contribution in [0.4, 0.5) is 4.39 Å². The molecule has 1 aliphatic rings. The highest BCUT2D eigenvalue weighted by molar-refractivity contribution is 14.0.